The van der Waals surface area contributed by atoms with E-state index in [1.807, 2.05) is 38.1 Å². The second-order valence-electron chi connectivity index (χ2n) is 5.10. The Kier molecular flexibility index (Phi) is 3.66. The van der Waals surface area contributed by atoms with Crippen molar-refractivity contribution in [3.05, 3.63) is 23.3 Å². The fourth-order valence-electron chi connectivity index (χ4n) is 2.51. The molecule has 1 aliphatic rings. The van der Waals surface area contributed by atoms with Crippen LogP contribution in [0.3, 0.4) is 0 Å². The van der Waals surface area contributed by atoms with E-state index in [0.717, 1.165) is 16.9 Å². The fraction of sp³-hybridized carbons (Fsp3) is 0.500. The van der Waals surface area contributed by atoms with Gasteiger partial charge < -0.3 is 19.5 Å². The summed E-state index contributed by atoms with van der Waals surface area (Å²) < 4.78 is 10.7. The predicted octanol–water partition coefficient (Wildman–Crippen LogP) is 2.05. The van der Waals surface area contributed by atoms with Crippen molar-refractivity contribution in [3.8, 4) is 11.5 Å². The third kappa shape index (κ3) is 2.51. The molecule has 19 heavy (non-hydrogen) atoms. The number of nitrogens with zero attached hydrogens (tertiary/aromatic N) is 1. The average molecular weight is 265 g/mol. The van der Waals surface area contributed by atoms with Gasteiger partial charge in [-0.15, -0.1) is 0 Å². The number of aliphatic carboxylic acids is 1. The van der Waals surface area contributed by atoms with Crippen molar-refractivity contribution in [2.45, 2.75) is 19.9 Å². The molecule has 2 unspecified atom stereocenters. The summed E-state index contributed by atoms with van der Waals surface area (Å²) in [5, 5.41) is 9.26. The molecule has 1 aliphatic heterocycles. The van der Waals surface area contributed by atoms with Crippen molar-refractivity contribution in [1.82, 2.24) is 4.90 Å². The standard InChI is InChI=1S/C14H19NO4/c1-8-5-11-12(19-7-18-11)6-10(8)13(15(3)4)9(2)14(16)17/h5-6,9,13H,7H2,1-4H3,(H,16,17). The van der Waals surface area contributed by atoms with Gasteiger partial charge in [0.1, 0.15) is 0 Å². The van der Waals surface area contributed by atoms with Crippen molar-refractivity contribution in [1.29, 1.82) is 0 Å². The van der Waals surface area contributed by atoms with Crippen LogP contribution in [0.15, 0.2) is 12.1 Å². The summed E-state index contributed by atoms with van der Waals surface area (Å²) in [7, 11) is 3.77. The molecule has 0 radical (unpaired) electrons. The predicted molar refractivity (Wildman–Crippen MR) is 70.5 cm³/mol. The summed E-state index contributed by atoms with van der Waals surface area (Å²) in [6, 6.07) is 3.59. The summed E-state index contributed by atoms with van der Waals surface area (Å²) in [4.78, 5) is 13.2. The monoisotopic (exact) mass is 265 g/mol. The van der Waals surface area contributed by atoms with E-state index in [2.05, 4.69) is 0 Å². The number of fused-ring (bicyclic) bond motifs is 1. The molecule has 0 saturated carbocycles. The normalized spacial score (nSPS) is 16.5. The van der Waals surface area contributed by atoms with Crippen molar-refractivity contribution >= 4 is 5.97 Å². The SMILES string of the molecule is Cc1cc2c(cc1C(C(C)C(=O)O)N(C)C)OCO2. The van der Waals surface area contributed by atoms with Crippen LogP contribution in [0.25, 0.3) is 0 Å². The molecule has 0 aromatic heterocycles. The minimum absolute atomic E-state index is 0.202. The molecule has 1 N–H and O–H groups in total. The zero-order chi connectivity index (χ0) is 14.2. The van der Waals surface area contributed by atoms with Gasteiger partial charge in [-0.3, -0.25) is 4.79 Å². The molecule has 2 rings (SSSR count). The minimum Gasteiger partial charge on any atom is -0.481 e. The van der Waals surface area contributed by atoms with E-state index in [-0.39, 0.29) is 12.8 Å². The molecule has 1 heterocycles. The van der Waals surface area contributed by atoms with E-state index in [4.69, 9.17) is 9.47 Å². The van der Waals surface area contributed by atoms with Gasteiger partial charge in [-0.2, -0.15) is 0 Å². The van der Waals surface area contributed by atoms with Gasteiger partial charge in [0.25, 0.3) is 0 Å². The quantitative estimate of drug-likeness (QED) is 0.902. The van der Waals surface area contributed by atoms with Gasteiger partial charge in [-0.1, -0.05) is 6.92 Å². The number of aryl methyl sites for hydroxylation is 1. The van der Waals surface area contributed by atoms with Crippen LogP contribution in [0.4, 0.5) is 0 Å². The average Bonchev–Trinajstić information content (AvgIpc) is 2.75. The number of hydrogen-bond donors (Lipinski definition) is 1. The maximum atomic E-state index is 11.3. The molecule has 0 saturated heterocycles. The van der Waals surface area contributed by atoms with E-state index < -0.39 is 11.9 Å². The highest BCUT2D eigenvalue weighted by Gasteiger charge is 2.30. The Balaban J connectivity index is 2.45. The maximum absolute atomic E-state index is 11.3. The Labute approximate surface area is 112 Å². The van der Waals surface area contributed by atoms with Crippen LogP contribution < -0.4 is 9.47 Å². The number of hydrogen-bond acceptors (Lipinski definition) is 4. The van der Waals surface area contributed by atoms with Crippen molar-refractivity contribution in [3.63, 3.8) is 0 Å². The highest BCUT2D eigenvalue weighted by Crippen LogP contribution is 2.39. The zero-order valence-corrected chi connectivity index (χ0v) is 11.6. The lowest BCUT2D eigenvalue weighted by atomic mass is 9.90. The van der Waals surface area contributed by atoms with Crippen LogP contribution in [-0.4, -0.2) is 36.9 Å². The number of carboxylic acids is 1. The molecular weight excluding hydrogens is 246 g/mol. The van der Waals surface area contributed by atoms with Crippen LogP contribution in [0.1, 0.15) is 24.1 Å². The highest BCUT2D eigenvalue weighted by atomic mass is 16.7. The zero-order valence-electron chi connectivity index (χ0n) is 11.6. The Morgan fingerprint density at radius 3 is 2.42 bits per heavy atom. The minimum atomic E-state index is -0.809. The maximum Gasteiger partial charge on any atom is 0.308 e. The molecular formula is C14H19NO4. The molecule has 0 spiro atoms. The Hall–Kier alpha value is -1.75. The highest BCUT2D eigenvalue weighted by molar-refractivity contribution is 5.71. The molecule has 5 heteroatoms. The van der Waals surface area contributed by atoms with Gasteiger partial charge in [-0.05, 0) is 44.3 Å². The number of ether oxygens (including phenoxy) is 2. The molecule has 2 atom stereocenters. The summed E-state index contributed by atoms with van der Waals surface area (Å²) in [6.07, 6.45) is 0. The lowest BCUT2D eigenvalue weighted by Crippen LogP contribution is -2.31. The second kappa shape index (κ2) is 5.09. The molecule has 0 bridgehead atoms. The molecule has 0 fully saturated rings. The topological polar surface area (TPSA) is 59.0 Å². The van der Waals surface area contributed by atoms with Crippen LogP contribution >= 0.6 is 0 Å². The van der Waals surface area contributed by atoms with Gasteiger partial charge in [0.2, 0.25) is 6.79 Å². The number of carbonyl (C=O) groups is 1. The first kappa shape index (κ1) is 13.7. The largest absolute Gasteiger partial charge is 0.481 e. The van der Waals surface area contributed by atoms with Crippen molar-refractivity contribution in [2.24, 2.45) is 5.92 Å². The van der Waals surface area contributed by atoms with Crippen LogP contribution in [0.5, 0.6) is 11.5 Å². The summed E-state index contributed by atoms with van der Waals surface area (Å²) >= 11 is 0. The van der Waals surface area contributed by atoms with Crippen molar-refractivity contribution < 1.29 is 19.4 Å². The lowest BCUT2D eigenvalue weighted by Gasteiger charge is -2.29. The second-order valence-corrected chi connectivity index (χ2v) is 5.10. The molecule has 0 amide bonds. The number of benzene rings is 1. The smallest absolute Gasteiger partial charge is 0.308 e. The first-order valence-corrected chi connectivity index (χ1v) is 6.21. The molecule has 1 aromatic rings. The molecule has 104 valence electrons. The summed E-state index contributed by atoms with van der Waals surface area (Å²) in [5.41, 5.74) is 1.97. The van der Waals surface area contributed by atoms with Crippen LogP contribution in [-0.2, 0) is 4.79 Å². The third-order valence-corrected chi connectivity index (χ3v) is 3.50. The first-order chi connectivity index (χ1) is 8.91. The van der Waals surface area contributed by atoms with E-state index in [1.54, 1.807) is 6.92 Å². The van der Waals surface area contributed by atoms with Crippen LogP contribution in [0.2, 0.25) is 0 Å². The van der Waals surface area contributed by atoms with Gasteiger partial charge in [0.05, 0.1) is 5.92 Å². The van der Waals surface area contributed by atoms with Gasteiger partial charge >= 0.3 is 5.97 Å². The molecule has 1 aromatic carbocycles. The van der Waals surface area contributed by atoms with Gasteiger partial charge in [0, 0.05) is 6.04 Å². The van der Waals surface area contributed by atoms with Gasteiger partial charge in [0.15, 0.2) is 11.5 Å². The Bertz CT molecular complexity index is 498. The first-order valence-electron chi connectivity index (χ1n) is 6.21. The van der Waals surface area contributed by atoms with E-state index in [9.17, 15) is 9.90 Å². The Morgan fingerprint density at radius 1 is 1.32 bits per heavy atom. The Morgan fingerprint density at radius 2 is 1.89 bits per heavy atom. The molecule has 5 nitrogen and oxygen atoms in total. The third-order valence-electron chi connectivity index (χ3n) is 3.50. The van der Waals surface area contributed by atoms with Crippen LogP contribution in [0, 0.1) is 12.8 Å². The number of rotatable bonds is 4. The number of carboxylic acid groups (broad SMARTS) is 1. The summed E-state index contributed by atoms with van der Waals surface area (Å²) in [5.74, 6) is 0.0941. The fourth-order valence-corrected chi connectivity index (χ4v) is 2.51. The molecule has 0 aliphatic carbocycles. The van der Waals surface area contributed by atoms with Crippen molar-refractivity contribution in [2.75, 3.05) is 20.9 Å². The van der Waals surface area contributed by atoms with E-state index >= 15 is 0 Å². The summed E-state index contributed by atoms with van der Waals surface area (Å²) in [6.45, 7) is 3.90. The van der Waals surface area contributed by atoms with E-state index in [0.29, 0.717) is 5.75 Å². The van der Waals surface area contributed by atoms with E-state index in [1.165, 1.54) is 0 Å². The van der Waals surface area contributed by atoms with Gasteiger partial charge in [-0.25, -0.2) is 0 Å². The lowest BCUT2D eigenvalue weighted by molar-refractivity contribution is -0.143.